The van der Waals surface area contributed by atoms with Gasteiger partial charge in [0.1, 0.15) is 6.26 Å². The van der Waals surface area contributed by atoms with Crippen LogP contribution in [0.5, 0.6) is 5.75 Å². The van der Waals surface area contributed by atoms with E-state index in [1.165, 1.54) is 51.7 Å². The summed E-state index contributed by atoms with van der Waals surface area (Å²) in [6.07, 6.45) is 7.32. The Morgan fingerprint density at radius 2 is 2.08 bits per heavy atom. The first kappa shape index (κ1) is 15.7. The molecule has 24 heavy (non-hydrogen) atoms. The number of hydrogen-bond acceptors (Lipinski definition) is 5. The monoisotopic (exact) mass is 332 g/mol. The van der Waals surface area contributed by atoms with E-state index in [1.54, 1.807) is 0 Å². The van der Waals surface area contributed by atoms with Gasteiger partial charge in [-0.2, -0.15) is 0 Å². The van der Waals surface area contributed by atoms with Gasteiger partial charge in [0, 0.05) is 31.2 Å². The standard InChI is InChI=1S/C18H24N2O4/c1-23-17-11-24-16(9-15(17)21)18(22)19-8-6-14-12(10-19)3-2-7-20(14)13-4-5-13/h9,11-14H,2-8,10H2,1H3/t12-,14-/m0/s1. The first-order valence-electron chi connectivity index (χ1n) is 8.89. The maximum absolute atomic E-state index is 12.7. The molecule has 1 aliphatic carbocycles. The van der Waals surface area contributed by atoms with Gasteiger partial charge in [-0.05, 0) is 44.6 Å². The van der Waals surface area contributed by atoms with E-state index in [1.807, 2.05) is 4.90 Å². The molecule has 3 fully saturated rings. The summed E-state index contributed by atoms with van der Waals surface area (Å²) in [5.74, 6) is 0.588. The Labute approximate surface area is 141 Å². The molecule has 4 rings (SSSR count). The highest BCUT2D eigenvalue weighted by molar-refractivity contribution is 5.91. The lowest BCUT2D eigenvalue weighted by Gasteiger charge is -2.47. The molecule has 1 aromatic rings. The van der Waals surface area contributed by atoms with Gasteiger partial charge in [-0.25, -0.2) is 0 Å². The molecule has 130 valence electrons. The van der Waals surface area contributed by atoms with Crippen LogP contribution in [0.4, 0.5) is 0 Å². The van der Waals surface area contributed by atoms with Crippen LogP contribution in [0.1, 0.15) is 42.7 Å². The van der Waals surface area contributed by atoms with Gasteiger partial charge >= 0.3 is 0 Å². The van der Waals surface area contributed by atoms with E-state index in [2.05, 4.69) is 4.90 Å². The molecule has 1 saturated carbocycles. The van der Waals surface area contributed by atoms with Gasteiger partial charge < -0.3 is 14.1 Å². The second-order valence-electron chi connectivity index (χ2n) is 7.16. The zero-order valence-electron chi connectivity index (χ0n) is 14.1. The van der Waals surface area contributed by atoms with Crippen molar-refractivity contribution in [3.63, 3.8) is 0 Å². The number of carbonyl (C=O) groups excluding carboxylic acids is 1. The van der Waals surface area contributed by atoms with E-state index in [4.69, 9.17) is 9.15 Å². The predicted molar refractivity (Wildman–Crippen MR) is 88.3 cm³/mol. The Kier molecular flexibility index (Phi) is 4.08. The van der Waals surface area contributed by atoms with E-state index in [-0.39, 0.29) is 22.8 Å². The van der Waals surface area contributed by atoms with Crippen LogP contribution in [0.2, 0.25) is 0 Å². The smallest absolute Gasteiger partial charge is 0.289 e. The molecule has 0 radical (unpaired) electrons. The Balaban J connectivity index is 1.47. The number of fused-ring (bicyclic) bond motifs is 1. The summed E-state index contributed by atoms with van der Waals surface area (Å²) in [4.78, 5) is 29.1. The van der Waals surface area contributed by atoms with Gasteiger partial charge in [-0.1, -0.05) is 0 Å². The number of amides is 1. The van der Waals surface area contributed by atoms with E-state index in [0.717, 1.165) is 25.6 Å². The van der Waals surface area contributed by atoms with Gasteiger partial charge in [-0.15, -0.1) is 0 Å². The van der Waals surface area contributed by atoms with Crippen molar-refractivity contribution in [2.75, 3.05) is 26.7 Å². The van der Waals surface area contributed by atoms with Crippen LogP contribution in [0.25, 0.3) is 0 Å². The van der Waals surface area contributed by atoms with Crippen molar-refractivity contribution in [2.24, 2.45) is 5.92 Å². The van der Waals surface area contributed by atoms with E-state index < -0.39 is 0 Å². The molecule has 6 heteroatoms. The third-order valence-corrected chi connectivity index (χ3v) is 5.64. The second kappa shape index (κ2) is 6.24. The minimum atomic E-state index is -0.320. The summed E-state index contributed by atoms with van der Waals surface area (Å²) in [6.45, 7) is 2.72. The normalized spacial score (nSPS) is 27.6. The van der Waals surface area contributed by atoms with Crippen LogP contribution in [0, 0.1) is 5.92 Å². The van der Waals surface area contributed by atoms with Crippen molar-refractivity contribution in [1.82, 2.24) is 9.80 Å². The minimum Gasteiger partial charge on any atom is -0.490 e. The van der Waals surface area contributed by atoms with Crippen molar-refractivity contribution >= 4 is 5.91 Å². The summed E-state index contributed by atoms with van der Waals surface area (Å²) in [5.41, 5.74) is -0.320. The highest BCUT2D eigenvalue weighted by Crippen LogP contribution is 2.38. The van der Waals surface area contributed by atoms with E-state index in [0.29, 0.717) is 12.0 Å². The Morgan fingerprint density at radius 3 is 2.79 bits per heavy atom. The SMILES string of the molecule is COc1coc(C(=O)N2CC[C@H]3[C@@H](CCCN3C3CC3)C2)cc1=O. The van der Waals surface area contributed by atoms with Crippen molar-refractivity contribution in [3.8, 4) is 5.75 Å². The molecule has 1 aromatic heterocycles. The molecule has 2 atom stereocenters. The fourth-order valence-electron chi connectivity index (χ4n) is 4.30. The fourth-order valence-corrected chi connectivity index (χ4v) is 4.30. The average molecular weight is 332 g/mol. The van der Waals surface area contributed by atoms with Crippen LogP contribution < -0.4 is 10.2 Å². The summed E-state index contributed by atoms with van der Waals surface area (Å²) in [7, 11) is 1.41. The predicted octanol–water partition coefficient (Wildman–Crippen LogP) is 1.74. The lowest BCUT2D eigenvalue weighted by atomic mass is 9.83. The Morgan fingerprint density at radius 1 is 1.25 bits per heavy atom. The molecule has 3 heterocycles. The third-order valence-electron chi connectivity index (χ3n) is 5.64. The van der Waals surface area contributed by atoms with Crippen LogP contribution in [-0.2, 0) is 0 Å². The van der Waals surface area contributed by atoms with Crippen LogP contribution in [0.3, 0.4) is 0 Å². The molecular weight excluding hydrogens is 308 g/mol. The van der Waals surface area contributed by atoms with Gasteiger partial charge in [-0.3, -0.25) is 14.5 Å². The number of methoxy groups -OCH3 is 1. The first-order chi connectivity index (χ1) is 11.7. The summed E-state index contributed by atoms with van der Waals surface area (Å²) in [6, 6.07) is 2.66. The lowest BCUT2D eigenvalue weighted by Crippen LogP contribution is -2.55. The zero-order valence-corrected chi connectivity index (χ0v) is 14.1. The number of hydrogen-bond donors (Lipinski definition) is 0. The number of carbonyl (C=O) groups is 1. The highest BCUT2D eigenvalue weighted by atomic mass is 16.5. The molecule has 2 saturated heterocycles. The number of likely N-dealkylation sites (tertiary alicyclic amines) is 2. The highest BCUT2D eigenvalue weighted by Gasteiger charge is 2.42. The van der Waals surface area contributed by atoms with Gasteiger partial charge in [0.15, 0.2) is 5.76 Å². The van der Waals surface area contributed by atoms with Crippen molar-refractivity contribution in [2.45, 2.75) is 44.2 Å². The van der Waals surface area contributed by atoms with E-state index >= 15 is 0 Å². The summed E-state index contributed by atoms with van der Waals surface area (Å²) >= 11 is 0. The van der Waals surface area contributed by atoms with E-state index in [9.17, 15) is 9.59 Å². The first-order valence-corrected chi connectivity index (χ1v) is 8.89. The van der Waals surface area contributed by atoms with Crippen molar-refractivity contribution < 1.29 is 13.9 Å². The lowest BCUT2D eigenvalue weighted by molar-refractivity contribution is 0.0159. The molecule has 6 nitrogen and oxygen atoms in total. The molecular formula is C18H24N2O4. The molecule has 0 unspecified atom stereocenters. The molecule has 2 aliphatic heterocycles. The number of rotatable bonds is 3. The Hall–Kier alpha value is -1.82. The largest absolute Gasteiger partial charge is 0.490 e. The quantitative estimate of drug-likeness (QED) is 0.844. The maximum atomic E-state index is 12.7. The van der Waals surface area contributed by atoms with Crippen LogP contribution in [-0.4, -0.2) is 54.5 Å². The molecule has 0 N–H and O–H groups in total. The van der Waals surface area contributed by atoms with Gasteiger partial charge in [0.25, 0.3) is 5.91 Å². The summed E-state index contributed by atoms with van der Waals surface area (Å²) in [5, 5.41) is 0. The van der Waals surface area contributed by atoms with Gasteiger partial charge in [0.05, 0.1) is 7.11 Å². The van der Waals surface area contributed by atoms with Gasteiger partial charge in [0.2, 0.25) is 11.2 Å². The van der Waals surface area contributed by atoms with Crippen LogP contribution in [0.15, 0.2) is 21.5 Å². The zero-order chi connectivity index (χ0) is 16.7. The minimum absolute atomic E-state index is 0.106. The number of nitrogens with zero attached hydrogens (tertiary/aromatic N) is 2. The fraction of sp³-hybridized carbons (Fsp3) is 0.667. The molecule has 1 amide bonds. The van der Waals surface area contributed by atoms with Crippen molar-refractivity contribution in [1.29, 1.82) is 0 Å². The number of ether oxygens (including phenoxy) is 1. The topological polar surface area (TPSA) is 63.0 Å². The Bertz CT molecular complexity index is 682. The average Bonchev–Trinajstić information content (AvgIpc) is 3.45. The molecule has 0 spiro atoms. The molecule has 0 bridgehead atoms. The molecule has 0 aromatic carbocycles. The third kappa shape index (κ3) is 2.83. The maximum Gasteiger partial charge on any atom is 0.289 e. The number of piperidine rings is 2. The second-order valence-corrected chi connectivity index (χ2v) is 7.16. The van der Waals surface area contributed by atoms with Crippen molar-refractivity contribution in [3.05, 3.63) is 28.3 Å². The van der Waals surface area contributed by atoms with Crippen LogP contribution >= 0.6 is 0 Å². The summed E-state index contributed by atoms with van der Waals surface area (Å²) < 4.78 is 10.2. The molecule has 3 aliphatic rings.